The van der Waals surface area contributed by atoms with E-state index in [1.165, 1.54) is 0 Å². The first-order valence-corrected chi connectivity index (χ1v) is 9.17. The third-order valence-corrected chi connectivity index (χ3v) is 4.90. The number of fused-ring (bicyclic) bond motifs is 1. The Kier molecular flexibility index (Phi) is 4.97. The summed E-state index contributed by atoms with van der Waals surface area (Å²) in [7, 11) is 1.62. The topological polar surface area (TPSA) is 93.3 Å². The molecule has 2 N–H and O–H groups in total. The maximum atomic E-state index is 12.4. The number of nitrogens with zero attached hydrogens (tertiary/aromatic N) is 1. The largest absolute Gasteiger partial charge is 0.497 e. The Hall–Kier alpha value is -3.35. The SMILES string of the molecule is COc1ccc(C(NC(=O)COC(=O)c2ccc3cn[nH]c3c2)C2CC2)cc1. The zero-order valence-electron chi connectivity index (χ0n) is 15.5. The Morgan fingerprint density at radius 2 is 2.00 bits per heavy atom. The van der Waals surface area contributed by atoms with Crippen LogP contribution in [0.2, 0.25) is 0 Å². The Morgan fingerprint density at radius 1 is 1.21 bits per heavy atom. The highest BCUT2D eigenvalue weighted by atomic mass is 16.5. The van der Waals surface area contributed by atoms with Crippen LogP contribution in [0.5, 0.6) is 5.75 Å². The lowest BCUT2D eigenvalue weighted by atomic mass is 10.0. The summed E-state index contributed by atoms with van der Waals surface area (Å²) in [5.41, 5.74) is 2.14. The zero-order chi connectivity index (χ0) is 19.5. The Balaban J connectivity index is 1.36. The highest BCUT2D eigenvalue weighted by molar-refractivity contribution is 5.95. The molecule has 1 saturated carbocycles. The maximum Gasteiger partial charge on any atom is 0.338 e. The number of hydrogen-bond acceptors (Lipinski definition) is 5. The molecule has 4 rings (SSSR count). The molecule has 0 saturated heterocycles. The van der Waals surface area contributed by atoms with Crippen molar-refractivity contribution < 1.29 is 19.1 Å². The van der Waals surface area contributed by atoms with Crippen LogP contribution in [-0.2, 0) is 9.53 Å². The van der Waals surface area contributed by atoms with Crippen LogP contribution in [0.1, 0.15) is 34.8 Å². The van der Waals surface area contributed by atoms with Gasteiger partial charge in [-0.15, -0.1) is 0 Å². The van der Waals surface area contributed by atoms with E-state index in [-0.39, 0.29) is 18.6 Å². The summed E-state index contributed by atoms with van der Waals surface area (Å²) in [5.74, 6) is 0.325. The Labute approximate surface area is 162 Å². The summed E-state index contributed by atoms with van der Waals surface area (Å²) in [6, 6.07) is 12.7. The van der Waals surface area contributed by atoms with E-state index < -0.39 is 5.97 Å². The third kappa shape index (κ3) is 3.98. The fraction of sp³-hybridized carbons (Fsp3) is 0.286. The van der Waals surface area contributed by atoms with E-state index in [2.05, 4.69) is 15.5 Å². The number of aromatic amines is 1. The molecule has 1 aliphatic rings. The number of rotatable bonds is 7. The van der Waals surface area contributed by atoms with Gasteiger partial charge in [-0.25, -0.2) is 4.79 Å². The summed E-state index contributed by atoms with van der Waals surface area (Å²) < 4.78 is 10.4. The molecule has 0 bridgehead atoms. The zero-order valence-corrected chi connectivity index (χ0v) is 15.5. The number of ether oxygens (including phenoxy) is 2. The van der Waals surface area contributed by atoms with Crippen molar-refractivity contribution in [2.75, 3.05) is 13.7 Å². The van der Waals surface area contributed by atoms with Gasteiger partial charge in [0.2, 0.25) is 0 Å². The molecule has 1 fully saturated rings. The minimum Gasteiger partial charge on any atom is -0.497 e. The first-order chi connectivity index (χ1) is 13.6. The number of esters is 1. The standard InChI is InChI=1S/C21H21N3O4/c1-27-17-8-6-14(7-9-17)20(13-2-3-13)23-19(25)12-28-21(26)15-4-5-16-11-22-24-18(16)10-15/h4-11,13,20H,2-3,12H2,1H3,(H,22,24)(H,23,25). The molecule has 1 heterocycles. The minimum atomic E-state index is -0.543. The second-order valence-electron chi connectivity index (χ2n) is 6.90. The molecule has 144 valence electrons. The summed E-state index contributed by atoms with van der Waals surface area (Å²) >= 11 is 0. The van der Waals surface area contributed by atoms with Crippen molar-refractivity contribution in [2.45, 2.75) is 18.9 Å². The van der Waals surface area contributed by atoms with E-state index >= 15 is 0 Å². The predicted molar refractivity (Wildman–Crippen MR) is 103 cm³/mol. The third-order valence-electron chi connectivity index (χ3n) is 4.90. The number of benzene rings is 2. The number of hydrogen-bond donors (Lipinski definition) is 2. The lowest BCUT2D eigenvalue weighted by Crippen LogP contribution is -2.33. The average molecular weight is 379 g/mol. The molecular formula is C21H21N3O4. The highest BCUT2D eigenvalue weighted by Crippen LogP contribution is 2.41. The van der Waals surface area contributed by atoms with E-state index in [1.807, 2.05) is 24.3 Å². The van der Waals surface area contributed by atoms with Crippen LogP contribution in [0.25, 0.3) is 10.9 Å². The fourth-order valence-corrected chi connectivity index (χ4v) is 3.21. The minimum absolute atomic E-state index is 0.0848. The van der Waals surface area contributed by atoms with Gasteiger partial charge in [0.15, 0.2) is 6.61 Å². The molecule has 0 spiro atoms. The summed E-state index contributed by atoms with van der Waals surface area (Å²) in [5, 5.41) is 10.6. The first kappa shape index (κ1) is 18.0. The normalized spacial score (nSPS) is 14.5. The van der Waals surface area contributed by atoms with Crippen LogP contribution in [0, 0.1) is 5.92 Å². The van der Waals surface area contributed by atoms with Gasteiger partial charge in [-0.05, 0) is 48.6 Å². The van der Waals surface area contributed by atoms with Gasteiger partial charge in [0.25, 0.3) is 5.91 Å². The van der Waals surface area contributed by atoms with E-state index in [1.54, 1.807) is 31.5 Å². The number of amides is 1. The summed E-state index contributed by atoms with van der Waals surface area (Å²) in [6.45, 7) is -0.320. The lowest BCUT2D eigenvalue weighted by molar-refractivity contribution is -0.125. The van der Waals surface area contributed by atoms with E-state index in [4.69, 9.17) is 9.47 Å². The molecule has 0 radical (unpaired) electrons. The summed E-state index contributed by atoms with van der Waals surface area (Å²) in [4.78, 5) is 24.6. The number of nitrogens with one attached hydrogen (secondary N) is 2. The van der Waals surface area contributed by atoms with E-state index in [9.17, 15) is 9.59 Å². The molecule has 2 aromatic carbocycles. The van der Waals surface area contributed by atoms with Gasteiger partial charge in [0.1, 0.15) is 5.75 Å². The monoisotopic (exact) mass is 379 g/mol. The van der Waals surface area contributed by atoms with Gasteiger partial charge in [0, 0.05) is 5.39 Å². The van der Waals surface area contributed by atoms with Gasteiger partial charge >= 0.3 is 5.97 Å². The number of carbonyl (C=O) groups excluding carboxylic acids is 2. The molecular weight excluding hydrogens is 358 g/mol. The molecule has 1 unspecified atom stereocenters. The van der Waals surface area contributed by atoms with Gasteiger partial charge < -0.3 is 14.8 Å². The highest BCUT2D eigenvalue weighted by Gasteiger charge is 2.33. The first-order valence-electron chi connectivity index (χ1n) is 9.17. The van der Waals surface area contributed by atoms with Crippen LogP contribution in [0.3, 0.4) is 0 Å². The fourth-order valence-electron chi connectivity index (χ4n) is 3.21. The van der Waals surface area contributed by atoms with Gasteiger partial charge in [-0.3, -0.25) is 9.89 Å². The maximum absolute atomic E-state index is 12.4. The van der Waals surface area contributed by atoms with Crippen molar-refractivity contribution in [1.29, 1.82) is 0 Å². The Morgan fingerprint density at radius 3 is 2.71 bits per heavy atom. The molecule has 7 nitrogen and oxygen atoms in total. The van der Waals surface area contributed by atoms with Crippen LogP contribution in [-0.4, -0.2) is 35.8 Å². The smallest absolute Gasteiger partial charge is 0.338 e. The van der Waals surface area contributed by atoms with Crippen molar-refractivity contribution in [3.8, 4) is 5.75 Å². The van der Waals surface area contributed by atoms with Crippen LogP contribution < -0.4 is 10.1 Å². The van der Waals surface area contributed by atoms with Gasteiger partial charge in [-0.1, -0.05) is 18.2 Å². The van der Waals surface area contributed by atoms with Crippen LogP contribution in [0.15, 0.2) is 48.7 Å². The van der Waals surface area contributed by atoms with Crippen molar-refractivity contribution in [2.24, 2.45) is 5.92 Å². The molecule has 3 aromatic rings. The number of methoxy groups -OCH3 is 1. The molecule has 1 aliphatic carbocycles. The quantitative estimate of drug-likeness (QED) is 0.616. The Bertz CT molecular complexity index is 992. The van der Waals surface area contributed by atoms with Crippen LogP contribution >= 0.6 is 0 Å². The molecule has 28 heavy (non-hydrogen) atoms. The molecule has 1 amide bonds. The predicted octanol–water partition coefficient (Wildman–Crippen LogP) is 3.00. The second-order valence-corrected chi connectivity index (χ2v) is 6.90. The van der Waals surface area contributed by atoms with Crippen molar-refractivity contribution in [1.82, 2.24) is 15.5 Å². The molecule has 1 atom stereocenters. The van der Waals surface area contributed by atoms with Gasteiger partial charge in [-0.2, -0.15) is 5.10 Å². The van der Waals surface area contributed by atoms with Crippen molar-refractivity contribution >= 4 is 22.8 Å². The summed E-state index contributed by atoms with van der Waals surface area (Å²) in [6.07, 6.45) is 3.82. The van der Waals surface area contributed by atoms with Crippen molar-refractivity contribution in [3.05, 3.63) is 59.8 Å². The van der Waals surface area contributed by atoms with Crippen LogP contribution in [0.4, 0.5) is 0 Å². The number of carbonyl (C=O) groups is 2. The number of H-pyrrole nitrogens is 1. The van der Waals surface area contributed by atoms with E-state index in [0.29, 0.717) is 11.5 Å². The van der Waals surface area contributed by atoms with Crippen molar-refractivity contribution in [3.63, 3.8) is 0 Å². The second kappa shape index (κ2) is 7.72. The molecule has 7 heteroatoms. The van der Waals surface area contributed by atoms with Gasteiger partial charge in [0.05, 0.1) is 30.4 Å². The molecule has 1 aromatic heterocycles. The van der Waals surface area contributed by atoms with E-state index in [0.717, 1.165) is 35.1 Å². The number of aromatic nitrogens is 2. The lowest BCUT2D eigenvalue weighted by Gasteiger charge is -2.19. The molecule has 0 aliphatic heterocycles. The average Bonchev–Trinajstić information content (AvgIpc) is 3.46.